The highest BCUT2D eigenvalue weighted by Crippen LogP contribution is 2.42. The lowest BCUT2D eigenvalue weighted by atomic mass is 9.70. The van der Waals surface area contributed by atoms with Crippen LogP contribution in [-0.2, 0) is 12.4 Å². The van der Waals surface area contributed by atoms with Crippen LogP contribution in [0.25, 0.3) is 11.2 Å². The molecule has 1 aliphatic rings. The van der Waals surface area contributed by atoms with Crippen molar-refractivity contribution in [3.05, 3.63) is 24.2 Å². The van der Waals surface area contributed by atoms with Gasteiger partial charge in [0.15, 0.2) is 5.65 Å². The third-order valence-corrected chi connectivity index (χ3v) is 4.04. The molecule has 0 spiro atoms. The number of rotatable bonds is 3. The molecule has 3 nitrogen and oxygen atoms in total. The summed E-state index contributed by atoms with van der Waals surface area (Å²) < 4.78 is 2.20. The Balaban J connectivity index is 2.06. The summed E-state index contributed by atoms with van der Waals surface area (Å²) >= 11 is 5.98. The number of imidazole rings is 1. The molecule has 2 aromatic heterocycles. The maximum Gasteiger partial charge on any atom is 0.160 e. The predicted molar refractivity (Wildman–Crippen MR) is 69.0 cm³/mol. The van der Waals surface area contributed by atoms with E-state index in [-0.39, 0.29) is 0 Å². The first-order valence-electron chi connectivity index (χ1n) is 6.08. The monoisotopic (exact) mass is 249 g/mol. The van der Waals surface area contributed by atoms with Gasteiger partial charge in [-0.3, -0.25) is 0 Å². The summed E-state index contributed by atoms with van der Waals surface area (Å²) in [6.07, 6.45) is 5.75. The molecule has 4 heteroatoms. The number of nitrogens with zero attached hydrogens (tertiary/aromatic N) is 3. The molecule has 0 radical (unpaired) electrons. The number of hydrogen-bond acceptors (Lipinski definition) is 2. The van der Waals surface area contributed by atoms with Crippen LogP contribution in [0.3, 0.4) is 0 Å². The Morgan fingerprint density at radius 3 is 2.94 bits per heavy atom. The van der Waals surface area contributed by atoms with E-state index in [0.717, 1.165) is 23.5 Å². The van der Waals surface area contributed by atoms with Crippen molar-refractivity contribution in [3.8, 4) is 0 Å². The van der Waals surface area contributed by atoms with Crippen molar-refractivity contribution in [2.24, 2.45) is 5.41 Å². The first-order valence-corrected chi connectivity index (χ1v) is 6.61. The van der Waals surface area contributed by atoms with E-state index in [1.54, 1.807) is 0 Å². The van der Waals surface area contributed by atoms with Crippen molar-refractivity contribution in [3.63, 3.8) is 0 Å². The molecule has 0 saturated heterocycles. The number of halogens is 1. The minimum atomic E-state index is 0.409. The van der Waals surface area contributed by atoms with E-state index in [4.69, 9.17) is 11.6 Å². The van der Waals surface area contributed by atoms with Crippen LogP contribution in [0.1, 0.15) is 32.0 Å². The van der Waals surface area contributed by atoms with E-state index in [2.05, 4.69) is 21.5 Å². The lowest BCUT2D eigenvalue weighted by Gasteiger charge is -2.38. The van der Waals surface area contributed by atoms with Gasteiger partial charge in [-0.15, -0.1) is 11.6 Å². The van der Waals surface area contributed by atoms with E-state index >= 15 is 0 Å². The summed E-state index contributed by atoms with van der Waals surface area (Å²) in [5.74, 6) is 1.39. The third kappa shape index (κ3) is 1.82. The molecule has 1 saturated carbocycles. The largest absolute Gasteiger partial charge is 0.311 e. The first kappa shape index (κ1) is 11.0. The van der Waals surface area contributed by atoms with Crippen molar-refractivity contribution in [1.82, 2.24) is 14.5 Å². The van der Waals surface area contributed by atoms with Crippen LogP contribution in [0, 0.1) is 5.41 Å². The second kappa shape index (κ2) is 3.98. The normalized spacial score (nSPS) is 18.2. The van der Waals surface area contributed by atoms with E-state index in [0.29, 0.717) is 11.3 Å². The Bertz CT molecular complexity index is 543. The first-order chi connectivity index (χ1) is 8.22. The number of aromatic nitrogens is 3. The predicted octanol–water partition coefficient (Wildman–Crippen LogP) is 3.36. The molecule has 0 aliphatic heterocycles. The van der Waals surface area contributed by atoms with Crippen LogP contribution in [0.2, 0.25) is 0 Å². The van der Waals surface area contributed by atoms with Gasteiger partial charge in [0.25, 0.3) is 0 Å². The Labute approximate surface area is 106 Å². The van der Waals surface area contributed by atoms with E-state index in [9.17, 15) is 0 Å². The number of fused-ring (bicyclic) bond motifs is 1. The second-order valence-electron chi connectivity index (χ2n) is 5.26. The Morgan fingerprint density at radius 2 is 2.29 bits per heavy atom. The average Bonchev–Trinajstić information content (AvgIpc) is 2.65. The summed E-state index contributed by atoms with van der Waals surface area (Å²) in [5, 5.41) is 0. The van der Waals surface area contributed by atoms with Crippen LogP contribution in [-0.4, -0.2) is 14.5 Å². The number of alkyl halides is 1. The number of pyridine rings is 1. The van der Waals surface area contributed by atoms with Crippen molar-refractivity contribution in [2.75, 3.05) is 0 Å². The topological polar surface area (TPSA) is 30.7 Å². The van der Waals surface area contributed by atoms with Crippen LogP contribution in [0.4, 0.5) is 0 Å². The quantitative estimate of drug-likeness (QED) is 0.781. The van der Waals surface area contributed by atoms with Gasteiger partial charge in [-0.05, 0) is 30.4 Å². The van der Waals surface area contributed by atoms with Crippen molar-refractivity contribution in [2.45, 2.75) is 38.6 Å². The zero-order valence-electron chi connectivity index (χ0n) is 9.99. The molecule has 17 heavy (non-hydrogen) atoms. The highest BCUT2D eigenvalue weighted by atomic mass is 35.5. The molecule has 3 rings (SSSR count). The Hall–Kier alpha value is -1.09. The Kier molecular flexibility index (Phi) is 2.58. The SMILES string of the molecule is CC1(Cn2c(CCl)nc3cccnc32)CCC1. The lowest BCUT2D eigenvalue weighted by molar-refractivity contribution is 0.132. The maximum absolute atomic E-state index is 5.98. The third-order valence-electron chi connectivity index (χ3n) is 3.80. The highest BCUT2D eigenvalue weighted by Gasteiger charge is 2.33. The van der Waals surface area contributed by atoms with E-state index in [1.165, 1.54) is 19.3 Å². The van der Waals surface area contributed by atoms with Gasteiger partial charge in [-0.25, -0.2) is 9.97 Å². The van der Waals surface area contributed by atoms with Crippen molar-refractivity contribution in [1.29, 1.82) is 0 Å². The minimum Gasteiger partial charge on any atom is -0.311 e. The van der Waals surface area contributed by atoms with Crippen molar-refractivity contribution >= 4 is 22.8 Å². The molecule has 90 valence electrons. The van der Waals surface area contributed by atoms with Gasteiger partial charge in [0.1, 0.15) is 11.3 Å². The maximum atomic E-state index is 5.98. The second-order valence-corrected chi connectivity index (χ2v) is 5.53. The van der Waals surface area contributed by atoms with Gasteiger partial charge in [0.05, 0.1) is 5.88 Å². The molecule has 0 N–H and O–H groups in total. The molecule has 0 atom stereocenters. The molecule has 1 aliphatic carbocycles. The van der Waals surface area contributed by atoms with Crippen LogP contribution in [0.5, 0.6) is 0 Å². The molecule has 0 amide bonds. The van der Waals surface area contributed by atoms with Crippen LogP contribution >= 0.6 is 11.6 Å². The van der Waals surface area contributed by atoms with Gasteiger partial charge in [0, 0.05) is 12.7 Å². The van der Waals surface area contributed by atoms with E-state index < -0.39 is 0 Å². The molecule has 2 heterocycles. The van der Waals surface area contributed by atoms with Gasteiger partial charge in [-0.2, -0.15) is 0 Å². The summed E-state index contributed by atoms with van der Waals surface area (Å²) in [6, 6.07) is 3.92. The summed E-state index contributed by atoms with van der Waals surface area (Å²) in [6.45, 7) is 3.33. The minimum absolute atomic E-state index is 0.409. The van der Waals surface area contributed by atoms with Crippen LogP contribution in [0.15, 0.2) is 18.3 Å². The summed E-state index contributed by atoms with van der Waals surface area (Å²) in [4.78, 5) is 8.98. The van der Waals surface area contributed by atoms with Gasteiger partial charge in [0.2, 0.25) is 0 Å². The fourth-order valence-corrected chi connectivity index (χ4v) is 2.80. The zero-order chi connectivity index (χ0) is 11.9. The molecule has 2 aromatic rings. The Morgan fingerprint density at radius 1 is 1.47 bits per heavy atom. The fourth-order valence-electron chi connectivity index (χ4n) is 2.59. The lowest BCUT2D eigenvalue weighted by Crippen LogP contribution is -2.31. The fraction of sp³-hybridized carbons (Fsp3) is 0.538. The van der Waals surface area contributed by atoms with Gasteiger partial charge in [-0.1, -0.05) is 13.3 Å². The average molecular weight is 250 g/mol. The van der Waals surface area contributed by atoms with Gasteiger partial charge >= 0.3 is 0 Å². The van der Waals surface area contributed by atoms with Crippen molar-refractivity contribution < 1.29 is 0 Å². The molecular formula is C13H16ClN3. The number of hydrogen-bond donors (Lipinski definition) is 0. The molecular weight excluding hydrogens is 234 g/mol. The molecule has 1 fully saturated rings. The molecule has 0 bridgehead atoms. The zero-order valence-corrected chi connectivity index (χ0v) is 10.7. The summed E-state index contributed by atoms with van der Waals surface area (Å²) in [5.41, 5.74) is 2.33. The smallest absolute Gasteiger partial charge is 0.160 e. The van der Waals surface area contributed by atoms with E-state index in [1.807, 2.05) is 18.3 Å². The summed E-state index contributed by atoms with van der Waals surface area (Å²) in [7, 11) is 0. The molecule has 0 aromatic carbocycles. The van der Waals surface area contributed by atoms with Crippen LogP contribution < -0.4 is 0 Å². The standard InChI is InChI=1S/C13H16ClN3/c1-13(5-3-6-13)9-17-11(8-14)16-10-4-2-7-15-12(10)17/h2,4,7H,3,5-6,8-9H2,1H3. The molecule has 0 unspecified atom stereocenters. The van der Waals surface area contributed by atoms with Gasteiger partial charge < -0.3 is 4.57 Å². The highest BCUT2D eigenvalue weighted by molar-refractivity contribution is 6.16.